The Bertz CT molecular complexity index is 739. The van der Waals surface area contributed by atoms with Gasteiger partial charge in [0, 0.05) is 39.1 Å². The Hall–Kier alpha value is -2.22. The molecule has 0 bridgehead atoms. The number of carbonyl (C=O) groups excluding carboxylic acids is 1. The third-order valence-corrected chi connectivity index (χ3v) is 4.66. The lowest BCUT2D eigenvalue weighted by Gasteiger charge is -2.27. The smallest absolute Gasteiger partial charge is 0.220 e. The average Bonchev–Trinajstić information content (AvgIpc) is 3.09. The van der Waals surface area contributed by atoms with Crippen molar-refractivity contribution in [3.63, 3.8) is 0 Å². The van der Waals surface area contributed by atoms with E-state index in [1.165, 1.54) is 19.3 Å². The maximum atomic E-state index is 12.0. The molecule has 1 aliphatic rings. The van der Waals surface area contributed by atoms with Crippen LogP contribution in [0.5, 0.6) is 0 Å². The Labute approximate surface area is 160 Å². The maximum Gasteiger partial charge on any atom is 0.220 e. The van der Waals surface area contributed by atoms with Crippen molar-refractivity contribution in [2.24, 2.45) is 0 Å². The molecule has 0 spiro atoms. The van der Waals surface area contributed by atoms with Crippen molar-refractivity contribution in [3.05, 3.63) is 18.0 Å². The monoisotopic (exact) mass is 374 g/mol. The van der Waals surface area contributed by atoms with Crippen LogP contribution in [-0.4, -0.2) is 58.1 Å². The molecule has 27 heavy (non-hydrogen) atoms. The van der Waals surface area contributed by atoms with Crippen LogP contribution < -0.4 is 10.2 Å². The quantitative estimate of drug-likeness (QED) is 0.676. The highest BCUT2D eigenvalue weighted by Crippen LogP contribution is 2.18. The number of ether oxygens (including phenoxy) is 1. The molecule has 1 amide bonds. The number of aryl methyl sites for hydroxylation is 1. The van der Waals surface area contributed by atoms with E-state index in [-0.39, 0.29) is 12.0 Å². The maximum absolute atomic E-state index is 12.0. The summed E-state index contributed by atoms with van der Waals surface area (Å²) in [4.78, 5) is 14.4. The van der Waals surface area contributed by atoms with Crippen LogP contribution in [0, 0.1) is 0 Å². The first-order valence-corrected chi connectivity index (χ1v) is 9.98. The predicted molar refractivity (Wildman–Crippen MR) is 104 cm³/mol. The number of aromatic nitrogens is 4. The molecule has 1 N–H and O–H groups in total. The van der Waals surface area contributed by atoms with Gasteiger partial charge in [-0.25, -0.2) is 0 Å². The van der Waals surface area contributed by atoms with Crippen LogP contribution in [0.2, 0.25) is 0 Å². The first-order chi connectivity index (χ1) is 13.1. The molecule has 0 unspecified atom stereocenters. The highest BCUT2D eigenvalue weighted by atomic mass is 16.5. The van der Waals surface area contributed by atoms with Crippen molar-refractivity contribution < 1.29 is 9.53 Å². The van der Waals surface area contributed by atoms with Crippen molar-refractivity contribution in [1.29, 1.82) is 0 Å². The molecule has 2 aromatic heterocycles. The molecule has 1 saturated heterocycles. The Kier molecular flexibility index (Phi) is 6.98. The number of hydrogen-bond donors (Lipinski definition) is 1. The number of carbonyl (C=O) groups is 1. The van der Waals surface area contributed by atoms with E-state index in [1.54, 1.807) is 4.52 Å². The Morgan fingerprint density at radius 3 is 2.81 bits per heavy atom. The molecule has 8 nitrogen and oxygen atoms in total. The topological polar surface area (TPSA) is 84.6 Å². The lowest BCUT2D eigenvalue weighted by Crippen LogP contribution is -2.30. The Morgan fingerprint density at radius 2 is 2.04 bits per heavy atom. The molecule has 0 atom stereocenters. The van der Waals surface area contributed by atoms with E-state index in [0.717, 1.165) is 36.8 Å². The molecule has 148 valence electrons. The third-order valence-electron chi connectivity index (χ3n) is 4.66. The summed E-state index contributed by atoms with van der Waals surface area (Å²) in [6.45, 7) is 7.38. The van der Waals surface area contributed by atoms with E-state index in [0.29, 0.717) is 26.0 Å². The van der Waals surface area contributed by atoms with Crippen LogP contribution >= 0.6 is 0 Å². The third kappa shape index (κ3) is 5.63. The summed E-state index contributed by atoms with van der Waals surface area (Å²) in [7, 11) is 0. The molecule has 8 heteroatoms. The van der Waals surface area contributed by atoms with Crippen molar-refractivity contribution in [3.8, 4) is 0 Å². The number of hydrogen-bond acceptors (Lipinski definition) is 6. The fraction of sp³-hybridized carbons (Fsp3) is 0.684. The second-order valence-electron chi connectivity index (χ2n) is 7.25. The number of rotatable bonds is 9. The lowest BCUT2D eigenvalue weighted by molar-refractivity contribution is -0.121. The lowest BCUT2D eigenvalue weighted by atomic mass is 10.1. The van der Waals surface area contributed by atoms with Gasteiger partial charge >= 0.3 is 0 Å². The van der Waals surface area contributed by atoms with Crippen molar-refractivity contribution in [2.45, 2.75) is 58.5 Å². The summed E-state index contributed by atoms with van der Waals surface area (Å²) in [5.74, 6) is 1.70. The summed E-state index contributed by atoms with van der Waals surface area (Å²) < 4.78 is 7.24. The standard InChI is InChI=1S/C19H30N6O2/c1-15(2)27-14-6-11-20-19(26)10-9-17-22-21-16-7-8-18(23-25(16)17)24-12-4-3-5-13-24/h7-8,15H,3-6,9-14H2,1-2H3,(H,20,26). The SMILES string of the molecule is CC(C)OCCCNC(=O)CCc1nnc2ccc(N3CCCCC3)nn12. The minimum Gasteiger partial charge on any atom is -0.379 e. The minimum atomic E-state index is 0.0171. The van der Waals surface area contributed by atoms with E-state index in [9.17, 15) is 4.79 Å². The van der Waals surface area contributed by atoms with Gasteiger partial charge < -0.3 is 15.0 Å². The second-order valence-corrected chi connectivity index (χ2v) is 7.25. The van der Waals surface area contributed by atoms with Crippen LogP contribution in [-0.2, 0) is 16.0 Å². The van der Waals surface area contributed by atoms with Gasteiger partial charge in [-0.2, -0.15) is 4.52 Å². The molecule has 2 aromatic rings. The first-order valence-electron chi connectivity index (χ1n) is 9.98. The molecule has 3 rings (SSSR count). The average molecular weight is 374 g/mol. The van der Waals surface area contributed by atoms with Crippen molar-refractivity contribution >= 4 is 17.4 Å². The van der Waals surface area contributed by atoms with Gasteiger partial charge in [0.25, 0.3) is 0 Å². The van der Waals surface area contributed by atoms with Gasteiger partial charge in [0.05, 0.1) is 6.10 Å². The van der Waals surface area contributed by atoms with E-state index < -0.39 is 0 Å². The number of nitrogens with one attached hydrogen (secondary N) is 1. The summed E-state index contributed by atoms with van der Waals surface area (Å²) in [5, 5.41) is 16.0. The normalized spacial score (nSPS) is 14.9. The molecule has 1 aliphatic heterocycles. The van der Waals surface area contributed by atoms with Gasteiger partial charge in [-0.3, -0.25) is 4.79 Å². The number of anilines is 1. The number of amides is 1. The first kappa shape index (κ1) is 19.5. The van der Waals surface area contributed by atoms with Crippen LogP contribution in [0.3, 0.4) is 0 Å². The van der Waals surface area contributed by atoms with Gasteiger partial charge in [0.1, 0.15) is 5.82 Å². The fourth-order valence-corrected chi connectivity index (χ4v) is 3.20. The Morgan fingerprint density at radius 1 is 1.22 bits per heavy atom. The largest absolute Gasteiger partial charge is 0.379 e. The van der Waals surface area contributed by atoms with Crippen molar-refractivity contribution in [1.82, 2.24) is 25.1 Å². The Balaban J connectivity index is 1.51. The highest BCUT2D eigenvalue weighted by molar-refractivity contribution is 5.76. The fourth-order valence-electron chi connectivity index (χ4n) is 3.20. The van der Waals surface area contributed by atoms with Crippen molar-refractivity contribution in [2.75, 3.05) is 31.1 Å². The highest BCUT2D eigenvalue weighted by Gasteiger charge is 2.15. The van der Waals surface area contributed by atoms with Crippen LogP contribution in [0.1, 0.15) is 51.8 Å². The molecule has 3 heterocycles. The minimum absolute atomic E-state index is 0.0171. The number of fused-ring (bicyclic) bond motifs is 1. The van der Waals surface area contributed by atoms with Gasteiger partial charge in [-0.1, -0.05) is 0 Å². The zero-order chi connectivity index (χ0) is 19.1. The van der Waals surface area contributed by atoms with Gasteiger partial charge in [-0.05, 0) is 51.7 Å². The summed E-state index contributed by atoms with van der Waals surface area (Å²) in [6, 6.07) is 3.95. The molecule has 0 radical (unpaired) electrons. The number of nitrogens with zero attached hydrogens (tertiary/aromatic N) is 5. The summed E-state index contributed by atoms with van der Waals surface area (Å²) in [6.07, 6.45) is 5.64. The molecule has 0 aliphatic carbocycles. The molecular weight excluding hydrogens is 344 g/mol. The second kappa shape index (κ2) is 9.64. The van der Waals surface area contributed by atoms with E-state index >= 15 is 0 Å². The predicted octanol–water partition coefficient (Wildman–Crippen LogP) is 1.98. The summed E-state index contributed by atoms with van der Waals surface area (Å²) >= 11 is 0. The zero-order valence-corrected chi connectivity index (χ0v) is 16.4. The van der Waals surface area contributed by atoms with Gasteiger partial charge in [0.2, 0.25) is 5.91 Å². The summed E-state index contributed by atoms with van der Waals surface area (Å²) in [5.41, 5.74) is 0.719. The molecule has 0 saturated carbocycles. The van der Waals surface area contributed by atoms with E-state index in [2.05, 4.69) is 20.4 Å². The molecular formula is C19H30N6O2. The zero-order valence-electron chi connectivity index (χ0n) is 16.4. The van der Waals surface area contributed by atoms with E-state index in [1.807, 2.05) is 26.0 Å². The van der Waals surface area contributed by atoms with E-state index in [4.69, 9.17) is 9.84 Å². The number of piperidine rings is 1. The van der Waals surface area contributed by atoms with Gasteiger partial charge in [-0.15, -0.1) is 15.3 Å². The van der Waals surface area contributed by atoms with Crippen LogP contribution in [0.15, 0.2) is 12.1 Å². The van der Waals surface area contributed by atoms with Crippen LogP contribution in [0.25, 0.3) is 5.65 Å². The molecule has 1 fully saturated rings. The molecule has 0 aromatic carbocycles. The van der Waals surface area contributed by atoms with Gasteiger partial charge in [0.15, 0.2) is 11.5 Å². The van der Waals surface area contributed by atoms with Crippen LogP contribution in [0.4, 0.5) is 5.82 Å².